The van der Waals surface area contributed by atoms with Gasteiger partial charge in [0.2, 0.25) is 0 Å². The van der Waals surface area contributed by atoms with E-state index in [-0.39, 0.29) is 0 Å². The molecule has 3 rings (SSSR count). The molecule has 2 fully saturated rings. The second-order valence-electron chi connectivity index (χ2n) is 7.43. The minimum absolute atomic E-state index is 0.291. The van der Waals surface area contributed by atoms with Gasteiger partial charge in [-0.1, -0.05) is 13.8 Å². The Morgan fingerprint density at radius 2 is 2.24 bits per heavy atom. The summed E-state index contributed by atoms with van der Waals surface area (Å²) in [5, 5.41) is 8.18. The van der Waals surface area contributed by atoms with E-state index in [2.05, 4.69) is 45.8 Å². The Morgan fingerprint density at radius 3 is 2.95 bits per heavy atom. The molecule has 5 nitrogen and oxygen atoms in total. The van der Waals surface area contributed by atoms with Gasteiger partial charge < -0.3 is 5.32 Å². The third kappa shape index (κ3) is 3.64. The molecule has 118 valence electrons. The minimum atomic E-state index is 0.291. The lowest BCUT2D eigenvalue weighted by Crippen LogP contribution is -2.50. The summed E-state index contributed by atoms with van der Waals surface area (Å²) in [5.41, 5.74) is 0.291. The standard InChI is InChI=1S/C16H29N5/c1-13(2)9-21-15(17-12-19-21)10-20-8-4-7-18-16(3,11-20)14-5-6-14/h12-14,18H,4-11H2,1-3H3. The maximum absolute atomic E-state index is 4.49. The topological polar surface area (TPSA) is 46.0 Å². The van der Waals surface area contributed by atoms with Gasteiger partial charge in [-0.05, 0) is 51.1 Å². The lowest BCUT2D eigenvalue weighted by molar-refractivity contribution is 0.188. The third-order valence-corrected chi connectivity index (χ3v) is 4.81. The van der Waals surface area contributed by atoms with Crippen molar-refractivity contribution in [3.05, 3.63) is 12.2 Å². The second kappa shape index (κ2) is 6.05. The van der Waals surface area contributed by atoms with Crippen molar-refractivity contribution in [2.45, 2.75) is 58.7 Å². The maximum Gasteiger partial charge on any atom is 0.141 e. The van der Waals surface area contributed by atoms with Crippen molar-refractivity contribution >= 4 is 0 Å². The fourth-order valence-corrected chi connectivity index (χ4v) is 3.51. The first-order valence-corrected chi connectivity index (χ1v) is 8.41. The first kappa shape index (κ1) is 15.0. The van der Waals surface area contributed by atoms with Gasteiger partial charge in [0.05, 0.1) is 6.54 Å². The van der Waals surface area contributed by atoms with Gasteiger partial charge in [0.15, 0.2) is 0 Å². The molecule has 0 spiro atoms. The van der Waals surface area contributed by atoms with Crippen LogP contribution < -0.4 is 5.32 Å². The average Bonchev–Trinajstić information content (AvgIpc) is 3.20. The number of nitrogens with zero attached hydrogens (tertiary/aromatic N) is 4. The van der Waals surface area contributed by atoms with E-state index < -0.39 is 0 Å². The third-order valence-electron chi connectivity index (χ3n) is 4.81. The normalized spacial score (nSPS) is 28.0. The molecule has 1 N–H and O–H groups in total. The zero-order valence-corrected chi connectivity index (χ0v) is 13.7. The molecule has 0 bridgehead atoms. The van der Waals surface area contributed by atoms with Crippen molar-refractivity contribution < 1.29 is 0 Å². The summed E-state index contributed by atoms with van der Waals surface area (Å²) in [6.07, 6.45) is 5.70. The number of hydrogen-bond acceptors (Lipinski definition) is 4. The Balaban J connectivity index is 1.67. The van der Waals surface area contributed by atoms with Crippen LogP contribution in [0.25, 0.3) is 0 Å². The number of rotatable bonds is 5. The predicted molar refractivity (Wildman–Crippen MR) is 83.9 cm³/mol. The van der Waals surface area contributed by atoms with Crippen molar-refractivity contribution in [2.75, 3.05) is 19.6 Å². The predicted octanol–water partition coefficient (Wildman–Crippen LogP) is 1.90. The summed E-state index contributed by atoms with van der Waals surface area (Å²) in [4.78, 5) is 7.06. The molecule has 1 saturated carbocycles. The lowest BCUT2D eigenvalue weighted by atomic mass is 9.95. The summed E-state index contributed by atoms with van der Waals surface area (Å²) in [6.45, 7) is 12.2. The van der Waals surface area contributed by atoms with E-state index in [9.17, 15) is 0 Å². The van der Waals surface area contributed by atoms with E-state index in [1.807, 2.05) is 0 Å². The fraction of sp³-hybridized carbons (Fsp3) is 0.875. The molecule has 2 heterocycles. The molecule has 21 heavy (non-hydrogen) atoms. The molecule has 1 aromatic rings. The molecule has 1 aliphatic carbocycles. The zero-order chi connectivity index (χ0) is 14.9. The number of aromatic nitrogens is 3. The minimum Gasteiger partial charge on any atom is -0.310 e. The van der Waals surface area contributed by atoms with Crippen molar-refractivity contribution in [1.29, 1.82) is 0 Å². The second-order valence-corrected chi connectivity index (χ2v) is 7.43. The molecule has 0 amide bonds. The molecule has 2 aliphatic rings. The van der Waals surface area contributed by atoms with E-state index >= 15 is 0 Å². The van der Waals surface area contributed by atoms with Gasteiger partial charge in [-0.15, -0.1) is 0 Å². The molecule has 1 atom stereocenters. The van der Waals surface area contributed by atoms with E-state index in [4.69, 9.17) is 0 Å². The highest BCUT2D eigenvalue weighted by molar-refractivity contribution is 5.01. The maximum atomic E-state index is 4.49. The Hall–Kier alpha value is -0.940. The van der Waals surface area contributed by atoms with Gasteiger partial charge >= 0.3 is 0 Å². The van der Waals surface area contributed by atoms with Crippen LogP contribution >= 0.6 is 0 Å². The molecule has 5 heteroatoms. The molecule has 0 aromatic carbocycles. The lowest BCUT2D eigenvalue weighted by Gasteiger charge is -2.33. The van der Waals surface area contributed by atoms with E-state index in [1.54, 1.807) is 6.33 Å². The zero-order valence-electron chi connectivity index (χ0n) is 13.7. The molecule has 1 aliphatic heterocycles. The van der Waals surface area contributed by atoms with Crippen LogP contribution in [0.3, 0.4) is 0 Å². The van der Waals surface area contributed by atoms with E-state index in [0.29, 0.717) is 11.5 Å². The number of nitrogens with one attached hydrogen (secondary N) is 1. The molecule has 1 saturated heterocycles. The first-order chi connectivity index (χ1) is 10.1. The van der Waals surface area contributed by atoms with Crippen LogP contribution in [0.15, 0.2) is 6.33 Å². The molecule has 0 radical (unpaired) electrons. The van der Waals surface area contributed by atoms with Crippen LogP contribution in [-0.2, 0) is 13.1 Å². The quantitative estimate of drug-likeness (QED) is 0.900. The van der Waals surface area contributed by atoms with Crippen molar-refractivity contribution in [3.8, 4) is 0 Å². The van der Waals surface area contributed by atoms with Crippen LogP contribution in [0.4, 0.5) is 0 Å². The van der Waals surface area contributed by atoms with Gasteiger partial charge in [0.25, 0.3) is 0 Å². The van der Waals surface area contributed by atoms with E-state index in [1.165, 1.54) is 19.3 Å². The number of hydrogen-bond donors (Lipinski definition) is 1. The summed E-state index contributed by atoms with van der Waals surface area (Å²) < 4.78 is 2.08. The fourth-order valence-electron chi connectivity index (χ4n) is 3.51. The Morgan fingerprint density at radius 1 is 1.43 bits per heavy atom. The van der Waals surface area contributed by atoms with Gasteiger partial charge in [0.1, 0.15) is 12.2 Å². The largest absolute Gasteiger partial charge is 0.310 e. The van der Waals surface area contributed by atoms with E-state index in [0.717, 1.165) is 44.5 Å². The first-order valence-electron chi connectivity index (χ1n) is 8.41. The van der Waals surface area contributed by atoms with Crippen LogP contribution in [-0.4, -0.2) is 44.8 Å². The highest BCUT2D eigenvalue weighted by Gasteiger charge is 2.43. The average molecular weight is 291 g/mol. The van der Waals surface area contributed by atoms with Gasteiger partial charge in [0, 0.05) is 18.6 Å². The Labute approximate surface area is 128 Å². The molecular weight excluding hydrogens is 262 g/mol. The summed E-state index contributed by atoms with van der Waals surface area (Å²) in [6, 6.07) is 0. The van der Waals surface area contributed by atoms with Crippen LogP contribution in [0.2, 0.25) is 0 Å². The Bertz CT molecular complexity index is 465. The van der Waals surface area contributed by atoms with Gasteiger partial charge in [-0.2, -0.15) is 5.10 Å². The van der Waals surface area contributed by atoms with Crippen LogP contribution in [0, 0.1) is 11.8 Å². The van der Waals surface area contributed by atoms with Crippen molar-refractivity contribution in [2.24, 2.45) is 11.8 Å². The van der Waals surface area contributed by atoms with Crippen molar-refractivity contribution in [1.82, 2.24) is 25.0 Å². The van der Waals surface area contributed by atoms with Gasteiger partial charge in [-0.3, -0.25) is 4.90 Å². The van der Waals surface area contributed by atoms with Crippen molar-refractivity contribution in [3.63, 3.8) is 0 Å². The molecule has 1 unspecified atom stereocenters. The summed E-state index contributed by atoms with van der Waals surface area (Å²) in [7, 11) is 0. The summed E-state index contributed by atoms with van der Waals surface area (Å²) in [5.74, 6) is 2.59. The van der Waals surface area contributed by atoms with Crippen LogP contribution in [0.5, 0.6) is 0 Å². The molecule has 1 aromatic heterocycles. The summed E-state index contributed by atoms with van der Waals surface area (Å²) >= 11 is 0. The van der Waals surface area contributed by atoms with Gasteiger partial charge in [-0.25, -0.2) is 9.67 Å². The van der Waals surface area contributed by atoms with Crippen LogP contribution in [0.1, 0.15) is 45.9 Å². The molecular formula is C16H29N5. The monoisotopic (exact) mass is 291 g/mol. The SMILES string of the molecule is CC(C)Cn1ncnc1CN1CCCNC(C)(C2CC2)C1. The highest BCUT2D eigenvalue weighted by Crippen LogP contribution is 2.40. The smallest absolute Gasteiger partial charge is 0.141 e. The highest BCUT2D eigenvalue weighted by atomic mass is 15.4. The Kier molecular flexibility index (Phi) is 4.31.